The van der Waals surface area contributed by atoms with Crippen molar-refractivity contribution >= 4 is 17.6 Å². The molecule has 4 rings (SSSR count). The van der Waals surface area contributed by atoms with E-state index in [4.69, 9.17) is 9.97 Å². The molecule has 0 amide bonds. The topological polar surface area (TPSA) is 61.3 Å². The molecule has 2 fully saturated rings. The van der Waals surface area contributed by atoms with E-state index in [1.165, 1.54) is 12.8 Å². The maximum Gasteiger partial charge on any atom is 0.227 e. The Labute approximate surface area is 155 Å². The van der Waals surface area contributed by atoms with E-state index in [0.29, 0.717) is 5.92 Å². The van der Waals surface area contributed by atoms with Crippen LogP contribution in [0.3, 0.4) is 0 Å². The van der Waals surface area contributed by atoms with Crippen LogP contribution in [0.5, 0.6) is 0 Å². The lowest BCUT2D eigenvalue weighted by Gasteiger charge is -2.35. The molecule has 0 N–H and O–H groups in total. The van der Waals surface area contributed by atoms with Gasteiger partial charge in [0.15, 0.2) is 0 Å². The van der Waals surface area contributed by atoms with Crippen LogP contribution in [0.4, 0.5) is 17.6 Å². The fourth-order valence-corrected chi connectivity index (χ4v) is 3.57. The third-order valence-corrected chi connectivity index (χ3v) is 5.12. The summed E-state index contributed by atoms with van der Waals surface area (Å²) in [7, 11) is 0. The number of aromatic nitrogens is 4. The molecule has 2 aromatic rings. The molecule has 7 nitrogen and oxygen atoms in total. The summed E-state index contributed by atoms with van der Waals surface area (Å²) in [5.41, 5.74) is 0. The molecule has 26 heavy (non-hydrogen) atoms. The molecule has 0 radical (unpaired) electrons. The van der Waals surface area contributed by atoms with E-state index in [9.17, 15) is 0 Å². The number of nitrogens with zero attached hydrogens (tertiary/aromatic N) is 7. The molecule has 2 aliphatic heterocycles. The minimum absolute atomic E-state index is 0.345. The average Bonchev–Trinajstić information content (AvgIpc) is 3.23. The van der Waals surface area contributed by atoms with E-state index in [-0.39, 0.29) is 0 Å². The lowest BCUT2D eigenvalue weighted by molar-refractivity contribution is 0.629. The Morgan fingerprint density at radius 1 is 0.731 bits per heavy atom. The highest BCUT2D eigenvalue weighted by Crippen LogP contribution is 2.22. The molecule has 0 aliphatic carbocycles. The third-order valence-electron chi connectivity index (χ3n) is 5.12. The van der Waals surface area contributed by atoms with Crippen LogP contribution in [0.2, 0.25) is 0 Å². The molecule has 0 bridgehead atoms. The number of anilines is 3. The average molecular weight is 353 g/mol. The number of rotatable bonds is 4. The normalized spacial score (nSPS) is 18.0. The van der Waals surface area contributed by atoms with Crippen LogP contribution in [0.1, 0.15) is 38.4 Å². The van der Waals surface area contributed by atoms with Crippen molar-refractivity contribution in [2.75, 3.05) is 54.0 Å². The van der Waals surface area contributed by atoms with Gasteiger partial charge in [-0.3, -0.25) is 0 Å². The molecular formula is C19H27N7. The molecule has 0 atom stereocenters. The first-order valence-electron chi connectivity index (χ1n) is 9.61. The highest BCUT2D eigenvalue weighted by atomic mass is 15.3. The predicted octanol–water partition coefficient (Wildman–Crippen LogP) is 2.32. The number of piperazine rings is 1. The Kier molecular flexibility index (Phi) is 4.86. The number of hydrogen-bond donors (Lipinski definition) is 0. The quantitative estimate of drug-likeness (QED) is 0.836. The fourth-order valence-electron chi connectivity index (χ4n) is 3.57. The second-order valence-corrected chi connectivity index (χ2v) is 7.31. The molecule has 2 aromatic heterocycles. The van der Waals surface area contributed by atoms with Gasteiger partial charge in [0, 0.05) is 57.6 Å². The van der Waals surface area contributed by atoms with Gasteiger partial charge in [-0.25, -0.2) is 15.0 Å². The molecule has 0 unspecified atom stereocenters. The van der Waals surface area contributed by atoms with Crippen LogP contribution in [-0.2, 0) is 0 Å². The molecule has 7 heteroatoms. The fraction of sp³-hybridized carbons (Fsp3) is 0.579. The van der Waals surface area contributed by atoms with Gasteiger partial charge in [0.1, 0.15) is 17.5 Å². The van der Waals surface area contributed by atoms with Crippen LogP contribution in [0.25, 0.3) is 0 Å². The molecule has 0 saturated carbocycles. The van der Waals surface area contributed by atoms with E-state index in [1.807, 2.05) is 24.5 Å². The van der Waals surface area contributed by atoms with Crippen molar-refractivity contribution < 1.29 is 0 Å². The van der Waals surface area contributed by atoms with Gasteiger partial charge in [-0.15, -0.1) is 0 Å². The highest BCUT2D eigenvalue weighted by molar-refractivity contribution is 5.46. The summed E-state index contributed by atoms with van der Waals surface area (Å²) < 4.78 is 0. The van der Waals surface area contributed by atoms with Gasteiger partial charge < -0.3 is 14.7 Å². The Morgan fingerprint density at radius 2 is 1.31 bits per heavy atom. The first-order valence-corrected chi connectivity index (χ1v) is 9.61. The minimum Gasteiger partial charge on any atom is -0.356 e. The molecule has 138 valence electrons. The zero-order valence-corrected chi connectivity index (χ0v) is 15.7. The van der Waals surface area contributed by atoms with Gasteiger partial charge in [0.2, 0.25) is 5.95 Å². The van der Waals surface area contributed by atoms with Crippen molar-refractivity contribution in [2.24, 2.45) is 0 Å². The third kappa shape index (κ3) is 3.57. The summed E-state index contributed by atoms with van der Waals surface area (Å²) in [4.78, 5) is 25.4. The predicted molar refractivity (Wildman–Crippen MR) is 104 cm³/mol. The van der Waals surface area contributed by atoms with E-state index in [1.54, 1.807) is 0 Å². The monoisotopic (exact) mass is 353 g/mol. The first-order chi connectivity index (χ1) is 12.7. The maximum absolute atomic E-state index is 4.81. The van der Waals surface area contributed by atoms with Crippen molar-refractivity contribution in [2.45, 2.75) is 32.6 Å². The zero-order chi connectivity index (χ0) is 17.9. The summed E-state index contributed by atoms with van der Waals surface area (Å²) in [6, 6.07) is 4.03. The Bertz CT molecular complexity index is 734. The summed E-state index contributed by atoms with van der Waals surface area (Å²) in [5.74, 6) is 4.19. The maximum atomic E-state index is 4.81. The lowest BCUT2D eigenvalue weighted by Crippen LogP contribution is -2.47. The van der Waals surface area contributed by atoms with Crippen LogP contribution in [0.15, 0.2) is 24.5 Å². The molecule has 2 saturated heterocycles. The minimum atomic E-state index is 0.345. The van der Waals surface area contributed by atoms with Gasteiger partial charge >= 0.3 is 0 Å². The first kappa shape index (κ1) is 17.0. The van der Waals surface area contributed by atoms with E-state index in [2.05, 4.69) is 38.5 Å². The van der Waals surface area contributed by atoms with Crippen molar-refractivity contribution in [3.63, 3.8) is 0 Å². The van der Waals surface area contributed by atoms with E-state index in [0.717, 1.165) is 62.7 Å². The standard InChI is InChI=1S/C19H27N7/c1-15(2)18-20-7-5-16(22-18)25-11-13-26(14-12-25)19-21-8-6-17(23-19)24-9-3-4-10-24/h5-8,15H,3-4,9-14H2,1-2H3. The zero-order valence-electron chi connectivity index (χ0n) is 15.7. The van der Waals surface area contributed by atoms with Gasteiger partial charge in [-0.1, -0.05) is 13.8 Å². The molecule has 0 aromatic carbocycles. The Morgan fingerprint density at radius 3 is 2.00 bits per heavy atom. The molecule has 0 spiro atoms. The molecule has 2 aliphatic rings. The summed E-state index contributed by atoms with van der Waals surface area (Å²) in [6.45, 7) is 10.1. The largest absolute Gasteiger partial charge is 0.356 e. The van der Waals surface area contributed by atoms with Gasteiger partial charge in [0.05, 0.1) is 0 Å². The van der Waals surface area contributed by atoms with Crippen molar-refractivity contribution in [1.82, 2.24) is 19.9 Å². The van der Waals surface area contributed by atoms with Gasteiger partial charge in [-0.05, 0) is 25.0 Å². The number of hydrogen-bond acceptors (Lipinski definition) is 7. The van der Waals surface area contributed by atoms with E-state index < -0.39 is 0 Å². The molecule has 4 heterocycles. The van der Waals surface area contributed by atoms with Crippen LogP contribution in [-0.4, -0.2) is 59.2 Å². The molecular weight excluding hydrogens is 326 g/mol. The van der Waals surface area contributed by atoms with Gasteiger partial charge in [0.25, 0.3) is 0 Å². The Balaban J connectivity index is 1.42. The second kappa shape index (κ2) is 7.43. The van der Waals surface area contributed by atoms with Gasteiger partial charge in [-0.2, -0.15) is 4.98 Å². The lowest BCUT2D eigenvalue weighted by atomic mass is 10.2. The Hall–Kier alpha value is -2.44. The van der Waals surface area contributed by atoms with Crippen LogP contribution >= 0.6 is 0 Å². The van der Waals surface area contributed by atoms with Crippen LogP contribution in [0, 0.1) is 0 Å². The highest BCUT2D eigenvalue weighted by Gasteiger charge is 2.22. The summed E-state index contributed by atoms with van der Waals surface area (Å²) in [5, 5.41) is 0. The smallest absolute Gasteiger partial charge is 0.227 e. The SMILES string of the molecule is CC(C)c1nccc(N2CCN(c3nccc(N4CCCC4)n3)CC2)n1. The van der Waals surface area contributed by atoms with Crippen molar-refractivity contribution in [1.29, 1.82) is 0 Å². The second-order valence-electron chi connectivity index (χ2n) is 7.31. The van der Waals surface area contributed by atoms with Crippen molar-refractivity contribution in [3.05, 3.63) is 30.4 Å². The van der Waals surface area contributed by atoms with Crippen LogP contribution < -0.4 is 14.7 Å². The summed E-state index contributed by atoms with van der Waals surface area (Å²) in [6.07, 6.45) is 6.28. The van der Waals surface area contributed by atoms with E-state index >= 15 is 0 Å². The summed E-state index contributed by atoms with van der Waals surface area (Å²) >= 11 is 0. The van der Waals surface area contributed by atoms with Crippen molar-refractivity contribution in [3.8, 4) is 0 Å².